The lowest BCUT2D eigenvalue weighted by Crippen LogP contribution is -2.37. The lowest BCUT2D eigenvalue weighted by Gasteiger charge is -2.28. The molecule has 0 radical (unpaired) electrons. The van der Waals surface area contributed by atoms with Crippen LogP contribution in [0.15, 0.2) is 122 Å². The minimum absolute atomic E-state index is 0.0143. The summed E-state index contributed by atoms with van der Waals surface area (Å²) in [6.07, 6.45) is 73.7. The second-order valence-electron chi connectivity index (χ2n) is 18.8. The van der Waals surface area contributed by atoms with Crippen LogP contribution < -0.4 is 4.89 Å². The van der Waals surface area contributed by atoms with Gasteiger partial charge in [0.1, 0.15) is 19.3 Å². The molecular weight excluding hydrogens is 878 g/mol. The van der Waals surface area contributed by atoms with E-state index in [1.807, 2.05) is 21.1 Å². The molecule has 0 spiro atoms. The SMILES string of the molecule is CC/C=C\C/C=C\C/C=C\C/C=C\C/C=C\CCCCCCCCCCCC(=O)OC(COCCCCCCCC/C=C\C/C=C\C/C=C\C/C=C\C/C=C\CC)COP(=O)([O-])OCC[N+](C)(C)C. The molecule has 394 valence electrons. The first-order chi connectivity index (χ1) is 33.6. The largest absolute Gasteiger partial charge is 0.756 e. The summed E-state index contributed by atoms with van der Waals surface area (Å²) in [6.45, 7) is 5.12. The van der Waals surface area contributed by atoms with Gasteiger partial charge in [-0.05, 0) is 103 Å². The van der Waals surface area contributed by atoms with E-state index in [1.165, 1.54) is 57.8 Å². The van der Waals surface area contributed by atoms with Crippen LogP contribution in [-0.4, -0.2) is 70.7 Å². The lowest BCUT2D eigenvalue weighted by molar-refractivity contribution is -0.870. The van der Waals surface area contributed by atoms with E-state index in [4.69, 9.17) is 18.5 Å². The van der Waals surface area contributed by atoms with Crippen molar-refractivity contribution in [3.05, 3.63) is 122 Å². The predicted octanol–water partition coefficient (Wildman–Crippen LogP) is 16.6. The maximum absolute atomic E-state index is 12.8. The van der Waals surface area contributed by atoms with Crippen molar-refractivity contribution < 1.29 is 37.3 Å². The number of unbranched alkanes of at least 4 members (excludes halogenated alkanes) is 15. The van der Waals surface area contributed by atoms with Crippen molar-refractivity contribution in [2.24, 2.45) is 0 Å². The summed E-state index contributed by atoms with van der Waals surface area (Å²) in [5, 5.41) is 0. The molecule has 0 aliphatic carbocycles. The Kier molecular flexibility index (Phi) is 49.0. The lowest BCUT2D eigenvalue weighted by atomic mass is 10.1. The number of esters is 1. The molecule has 0 aliphatic rings. The Bertz CT molecular complexity index is 1510. The number of hydrogen-bond acceptors (Lipinski definition) is 7. The van der Waals surface area contributed by atoms with Crippen molar-refractivity contribution >= 4 is 13.8 Å². The third-order valence-corrected chi connectivity index (χ3v) is 12.0. The fourth-order valence-corrected chi connectivity index (χ4v) is 7.62. The molecule has 0 heterocycles. The molecule has 0 bridgehead atoms. The number of phosphoric acid groups is 1. The zero-order chi connectivity index (χ0) is 50.5. The first-order valence-electron chi connectivity index (χ1n) is 27.3. The number of quaternary nitrogens is 1. The van der Waals surface area contributed by atoms with Gasteiger partial charge in [-0.2, -0.15) is 0 Å². The summed E-state index contributed by atoms with van der Waals surface area (Å²) in [6, 6.07) is 0. The molecule has 0 saturated carbocycles. The number of carbonyl (C=O) groups is 1. The summed E-state index contributed by atoms with van der Waals surface area (Å²) in [7, 11) is 1.32. The third kappa shape index (κ3) is 55.7. The standard InChI is InChI=1S/C60H102NO7P/c1-6-8-10-12-14-16-18-20-22-24-26-28-30-31-32-33-35-37-39-41-43-45-47-49-51-53-60(62)68-59(58-67-69(63,64)66-56-54-61(3,4)5)57-65-55-52-50-48-46-44-42-40-38-36-34-29-27-25-23-21-19-17-15-13-11-9-7-2/h8-11,14-17,20-23,26-29,31-32,36,38,59H,6-7,12-13,18-19,24-25,30,33-35,37,39-58H2,1-5H3/b10-8-,11-9-,16-14-,17-15-,22-20-,23-21-,28-26-,29-27-,32-31-,38-36-. The molecule has 0 aliphatic heterocycles. The number of rotatable bonds is 49. The quantitative estimate of drug-likeness (QED) is 0.0197. The van der Waals surface area contributed by atoms with Gasteiger partial charge in [0.15, 0.2) is 0 Å². The molecule has 0 amide bonds. The number of hydrogen-bond donors (Lipinski definition) is 0. The molecular formula is C60H102NO7P. The van der Waals surface area contributed by atoms with E-state index >= 15 is 0 Å². The van der Waals surface area contributed by atoms with Gasteiger partial charge in [-0.15, -0.1) is 0 Å². The maximum atomic E-state index is 12.8. The van der Waals surface area contributed by atoms with Crippen LogP contribution in [0.4, 0.5) is 0 Å². The van der Waals surface area contributed by atoms with Crippen molar-refractivity contribution in [3.63, 3.8) is 0 Å². The van der Waals surface area contributed by atoms with E-state index in [1.54, 1.807) is 0 Å². The zero-order valence-electron chi connectivity index (χ0n) is 44.7. The first-order valence-corrected chi connectivity index (χ1v) is 28.7. The molecule has 0 aromatic rings. The van der Waals surface area contributed by atoms with E-state index in [2.05, 4.69) is 135 Å². The van der Waals surface area contributed by atoms with E-state index in [-0.39, 0.29) is 25.8 Å². The Morgan fingerprint density at radius 2 is 0.797 bits per heavy atom. The van der Waals surface area contributed by atoms with Crippen LogP contribution in [-0.2, 0) is 27.9 Å². The fraction of sp³-hybridized carbons (Fsp3) is 0.650. The summed E-state index contributed by atoms with van der Waals surface area (Å²) >= 11 is 0. The van der Waals surface area contributed by atoms with E-state index < -0.39 is 13.9 Å². The molecule has 0 saturated heterocycles. The smallest absolute Gasteiger partial charge is 0.306 e. The fourth-order valence-electron chi connectivity index (χ4n) is 6.89. The average molecular weight is 980 g/mol. The molecule has 9 heteroatoms. The normalized spacial score (nSPS) is 14.5. The van der Waals surface area contributed by atoms with Crippen LogP contribution in [0.2, 0.25) is 0 Å². The van der Waals surface area contributed by atoms with Crippen LogP contribution in [0.1, 0.15) is 194 Å². The van der Waals surface area contributed by atoms with Gasteiger partial charge in [0.2, 0.25) is 0 Å². The number of carbonyl (C=O) groups excluding carboxylic acids is 1. The Morgan fingerprint density at radius 3 is 1.19 bits per heavy atom. The molecule has 0 aromatic heterocycles. The highest BCUT2D eigenvalue weighted by Gasteiger charge is 2.20. The van der Waals surface area contributed by atoms with E-state index in [0.717, 1.165) is 116 Å². The second-order valence-corrected chi connectivity index (χ2v) is 20.2. The summed E-state index contributed by atoms with van der Waals surface area (Å²) in [5.41, 5.74) is 0. The van der Waals surface area contributed by atoms with Crippen molar-refractivity contribution in [2.45, 2.75) is 200 Å². The number of allylic oxidation sites excluding steroid dienone is 20. The van der Waals surface area contributed by atoms with Gasteiger partial charge in [-0.1, -0.05) is 206 Å². The Labute approximate surface area is 424 Å². The predicted molar refractivity (Wildman–Crippen MR) is 295 cm³/mol. The summed E-state index contributed by atoms with van der Waals surface area (Å²) in [5.74, 6) is -0.351. The van der Waals surface area contributed by atoms with Gasteiger partial charge in [0, 0.05) is 13.0 Å². The molecule has 0 fully saturated rings. The van der Waals surface area contributed by atoms with Crippen LogP contribution >= 0.6 is 7.82 Å². The molecule has 69 heavy (non-hydrogen) atoms. The molecule has 0 aromatic carbocycles. The monoisotopic (exact) mass is 980 g/mol. The van der Waals surface area contributed by atoms with Gasteiger partial charge in [0.25, 0.3) is 7.82 Å². The highest BCUT2D eigenvalue weighted by atomic mass is 31.2. The van der Waals surface area contributed by atoms with Crippen LogP contribution in [0, 0.1) is 0 Å². The molecule has 0 rings (SSSR count). The van der Waals surface area contributed by atoms with Crippen molar-refractivity contribution in [1.82, 2.24) is 0 Å². The van der Waals surface area contributed by atoms with Gasteiger partial charge < -0.3 is 27.9 Å². The van der Waals surface area contributed by atoms with Crippen LogP contribution in [0.25, 0.3) is 0 Å². The second kappa shape index (κ2) is 51.3. The van der Waals surface area contributed by atoms with Gasteiger partial charge in [0.05, 0.1) is 34.4 Å². The summed E-state index contributed by atoms with van der Waals surface area (Å²) in [4.78, 5) is 25.2. The zero-order valence-corrected chi connectivity index (χ0v) is 45.6. The molecule has 8 nitrogen and oxygen atoms in total. The van der Waals surface area contributed by atoms with E-state index in [9.17, 15) is 14.3 Å². The minimum atomic E-state index is -4.55. The number of phosphoric ester groups is 1. The van der Waals surface area contributed by atoms with Gasteiger partial charge >= 0.3 is 5.97 Å². The highest BCUT2D eigenvalue weighted by Crippen LogP contribution is 2.38. The van der Waals surface area contributed by atoms with Gasteiger partial charge in [-0.25, -0.2) is 0 Å². The van der Waals surface area contributed by atoms with Crippen LogP contribution in [0.3, 0.4) is 0 Å². The number of nitrogens with zero attached hydrogens (tertiary/aromatic N) is 1. The molecule has 2 unspecified atom stereocenters. The highest BCUT2D eigenvalue weighted by molar-refractivity contribution is 7.45. The van der Waals surface area contributed by atoms with Crippen LogP contribution in [0.5, 0.6) is 0 Å². The minimum Gasteiger partial charge on any atom is -0.756 e. The number of likely N-dealkylation sites (N-methyl/N-ethyl adjacent to an activating group) is 1. The van der Waals surface area contributed by atoms with Crippen molar-refractivity contribution in [2.75, 3.05) is 54.1 Å². The van der Waals surface area contributed by atoms with Crippen molar-refractivity contribution in [1.29, 1.82) is 0 Å². The average Bonchev–Trinajstić information content (AvgIpc) is 3.31. The third-order valence-electron chi connectivity index (χ3n) is 11.0. The van der Waals surface area contributed by atoms with Crippen molar-refractivity contribution in [3.8, 4) is 0 Å². The Balaban J connectivity index is 4.19. The van der Waals surface area contributed by atoms with E-state index in [0.29, 0.717) is 24.1 Å². The number of ether oxygens (including phenoxy) is 2. The first kappa shape index (κ1) is 65.9. The van der Waals surface area contributed by atoms with Gasteiger partial charge in [-0.3, -0.25) is 9.36 Å². The maximum Gasteiger partial charge on any atom is 0.306 e. The molecule has 2 atom stereocenters. The topological polar surface area (TPSA) is 94.1 Å². The molecule has 0 N–H and O–H groups in total. The Hall–Kier alpha value is -3.10. The summed E-state index contributed by atoms with van der Waals surface area (Å²) < 4.78 is 34.8. The Morgan fingerprint density at radius 1 is 0.449 bits per heavy atom.